The SMILES string of the molecule is O=C(NCc1cnc[nH]1)c1ccc(F)c2ccccc12. The van der Waals surface area contributed by atoms with E-state index < -0.39 is 0 Å². The van der Waals surface area contributed by atoms with Crippen LogP contribution in [0.2, 0.25) is 0 Å². The molecule has 4 nitrogen and oxygen atoms in total. The topological polar surface area (TPSA) is 57.8 Å². The first-order chi connectivity index (χ1) is 9.75. The minimum atomic E-state index is -0.328. The van der Waals surface area contributed by atoms with Crippen LogP contribution in [0.3, 0.4) is 0 Å². The quantitative estimate of drug-likeness (QED) is 0.768. The molecule has 100 valence electrons. The highest BCUT2D eigenvalue weighted by Gasteiger charge is 2.12. The summed E-state index contributed by atoms with van der Waals surface area (Å²) in [4.78, 5) is 19.0. The Morgan fingerprint density at radius 2 is 2.00 bits per heavy atom. The minimum absolute atomic E-state index is 0.240. The van der Waals surface area contributed by atoms with Gasteiger partial charge in [0, 0.05) is 17.1 Å². The fourth-order valence-electron chi connectivity index (χ4n) is 2.11. The number of nitrogens with zero attached hydrogens (tertiary/aromatic N) is 1. The second-order valence-electron chi connectivity index (χ2n) is 4.40. The van der Waals surface area contributed by atoms with Gasteiger partial charge in [-0.25, -0.2) is 9.37 Å². The van der Waals surface area contributed by atoms with Crippen molar-refractivity contribution in [3.63, 3.8) is 0 Å². The second-order valence-corrected chi connectivity index (χ2v) is 4.40. The Kier molecular flexibility index (Phi) is 3.16. The number of rotatable bonds is 3. The number of carbonyl (C=O) groups excluding carboxylic acids is 1. The van der Waals surface area contributed by atoms with E-state index in [9.17, 15) is 9.18 Å². The van der Waals surface area contributed by atoms with Gasteiger partial charge in [0.15, 0.2) is 0 Å². The number of halogens is 1. The van der Waals surface area contributed by atoms with Crippen LogP contribution >= 0.6 is 0 Å². The van der Waals surface area contributed by atoms with Crippen molar-refractivity contribution in [1.82, 2.24) is 15.3 Å². The lowest BCUT2D eigenvalue weighted by molar-refractivity contribution is 0.0952. The maximum absolute atomic E-state index is 13.7. The van der Waals surface area contributed by atoms with Crippen LogP contribution in [0, 0.1) is 5.82 Å². The van der Waals surface area contributed by atoms with Gasteiger partial charge in [-0.1, -0.05) is 24.3 Å². The summed E-state index contributed by atoms with van der Waals surface area (Å²) in [7, 11) is 0. The summed E-state index contributed by atoms with van der Waals surface area (Å²) in [5.74, 6) is -0.568. The number of imidazole rings is 1. The fraction of sp³-hybridized carbons (Fsp3) is 0.0667. The molecule has 2 N–H and O–H groups in total. The van der Waals surface area contributed by atoms with Crippen LogP contribution in [0.25, 0.3) is 10.8 Å². The minimum Gasteiger partial charge on any atom is -0.347 e. The molecule has 0 aliphatic heterocycles. The van der Waals surface area contributed by atoms with E-state index >= 15 is 0 Å². The van der Waals surface area contributed by atoms with Gasteiger partial charge >= 0.3 is 0 Å². The Morgan fingerprint density at radius 3 is 2.75 bits per heavy atom. The predicted octanol–water partition coefficient (Wildman–Crippen LogP) is 2.63. The molecule has 1 aromatic heterocycles. The Bertz CT molecular complexity index is 753. The molecule has 0 radical (unpaired) electrons. The van der Waals surface area contributed by atoms with Crippen molar-refractivity contribution in [1.29, 1.82) is 0 Å². The van der Waals surface area contributed by atoms with E-state index in [1.54, 1.807) is 36.8 Å². The van der Waals surface area contributed by atoms with Gasteiger partial charge in [0.2, 0.25) is 0 Å². The number of benzene rings is 2. The summed E-state index contributed by atoms with van der Waals surface area (Å²) in [5, 5.41) is 3.83. The molecule has 0 fully saturated rings. The number of aromatic amines is 1. The molecule has 0 saturated heterocycles. The van der Waals surface area contributed by atoms with Crippen molar-refractivity contribution >= 4 is 16.7 Å². The second kappa shape index (κ2) is 5.13. The summed E-state index contributed by atoms with van der Waals surface area (Å²) in [6, 6.07) is 9.75. The highest BCUT2D eigenvalue weighted by Crippen LogP contribution is 2.21. The molecule has 2 aromatic carbocycles. The normalized spacial score (nSPS) is 10.7. The van der Waals surface area contributed by atoms with Crippen molar-refractivity contribution in [3.05, 3.63) is 66.0 Å². The zero-order valence-electron chi connectivity index (χ0n) is 10.6. The average molecular weight is 269 g/mol. The van der Waals surface area contributed by atoms with E-state index in [2.05, 4.69) is 15.3 Å². The maximum atomic E-state index is 13.7. The van der Waals surface area contributed by atoms with Crippen molar-refractivity contribution < 1.29 is 9.18 Å². The summed E-state index contributed by atoms with van der Waals surface area (Å²) < 4.78 is 13.7. The van der Waals surface area contributed by atoms with E-state index in [1.807, 2.05) is 0 Å². The molecule has 0 saturated carbocycles. The third-order valence-electron chi connectivity index (χ3n) is 3.11. The highest BCUT2D eigenvalue weighted by molar-refractivity contribution is 6.07. The lowest BCUT2D eigenvalue weighted by Crippen LogP contribution is -2.23. The molecule has 0 spiro atoms. The zero-order valence-corrected chi connectivity index (χ0v) is 10.6. The summed E-state index contributed by atoms with van der Waals surface area (Å²) in [5.41, 5.74) is 1.27. The van der Waals surface area contributed by atoms with Crippen LogP contribution in [-0.4, -0.2) is 15.9 Å². The van der Waals surface area contributed by atoms with Gasteiger partial charge in [-0.15, -0.1) is 0 Å². The number of carbonyl (C=O) groups is 1. The number of aromatic nitrogens is 2. The number of fused-ring (bicyclic) bond motifs is 1. The smallest absolute Gasteiger partial charge is 0.252 e. The monoisotopic (exact) mass is 269 g/mol. The molecule has 20 heavy (non-hydrogen) atoms. The Morgan fingerprint density at radius 1 is 1.20 bits per heavy atom. The van der Waals surface area contributed by atoms with Crippen LogP contribution < -0.4 is 5.32 Å². The van der Waals surface area contributed by atoms with E-state index in [4.69, 9.17) is 0 Å². The molecule has 0 atom stereocenters. The molecule has 0 aliphatic rings. The van der Waals surface area contributed by atoms with Crippen LogP contribution in [-0.2, 0) is 6.54 Å². The Labute approximate surface area is 114 Å². The number of amides is 1. The van der Waals surface area contributed by atoms with E-state index in [-0.39, 0.29) is 11.7 Å². The molecule has 0 aliphatic carbocycles. The van der Waals surface area contributed by atoms with E-state index in [0.29, 0.717) is 22.9 Å². The zero-order chi connectivity index (χ0) is 13.9. The van der Waals surface area contributed by atoms with Gasteiger partial charge < -0.3 is 10.3 Å². The average Bonchev–Trinajstić information content (AvgIpc) is 2.99. The van der Waals surface area contributed by atoms with E-state index in [1.165, 1.54) is 12.1 Å². The Balaban J connectivity index is 1.90. The first kappa shape index (κ1) is 12.3. The van der Waals surface area contributed by atoms with E-state index in [0.717, 1.165) is 5.69 Å². The number of hydrogen-bond acceptors (Lipinski definition) is 2. The van der Waals surface area contributed by atoms with Crippen LogP contribution in [0.15, 0.2) is 48.9 Å². The molecule has 1 amide bonds. The first-order valence-corrected chi connectivity index (χ1v) is 6.18. The lowest BCUT2D eigenvalue weighted by Gasteiger charge is -2.08. The fourth-order valence-corrected chi connectivity index (χ4v) is 2.11. The van der Waals surface area contributed by atoms with Gasteiger partial charge in [0.1, 0.15) is 5.82 Å². The van der Waals surface area contributed by atoms with Crippen molar-refractivity contribution in [2.75, 3.05) is 0 Å². The van der Waals surface area contributed by atoms with Gasteiger partial charge in [-0.3, -0.25) is 4.79 Å². The molecule has 0 bridgehead atoms. The number of nitrogens with one attached hydrogen (secondary N) is 2. The van der Waals surface area contributed by atoms with Crippen LogP contribution in [0.5, 0.6) is 0 Å². The van der Waals surface area contributed by atoms with Crippen molar-refractivity contribution in [2.45, 2.75) is 6.54 Å². The van der Waals surface area contributed by atoms with Gasteiger partial charge in [0.25, 0.3) is 5.91 Å². The predicted molar refractivity (Wildman–Crippen MR) is 73.7 cm³/mol. The van der Waals surface area contributed by atoms with Crippen LogP contribution in [0.4, 0.5) is 4.39 Å². The maximum Gasteiger partial charge on any atom is 0.252 e. The van der Waals surface area contributed by atoms with Crippen LogP contribution in [0.1, 0.15) is 16.1 Å². The number of H-pyrrole nitrogens is 1. The highest BCUT2D eigenvalue weighted by atomic mass is 19.1. The lowest BCUT2D eigenvalue weighted by atomic mass is 10.0. The van der Waals surface area contributed by atoms with Crippen molar-refractivity contribution in [2.24, 2.45) is 0 Å². The molecule has 0 unspecified atom stereocenters. The molecule has 3 rings (SSSR count). The van der Waals surface area contributed by atoms with Crippen molar-refractivity contribution in [3.8, 4) is 0 Å². The molecular formula is C15H12FN3O. The Hall–Kier alpha value is -2.69. The summed E-state index contributed by atoms with van der Waals surface area (Å²) >= 11 is 0. The largest absolute Gasteiger partial charge is 0.347 e. The van der Waals surface area contributed by atoms with Gasteiger partial charge in [-0.05, 0) is 17.5 Å². The first-order valence-electron chi connectivity index (χ1n) is 6.18. The standard InChI is InChI=1S/C15H12FN3O/c16-14-6-5-13(11-3-1-2-4-12(11)14)15(20)18-8-10-7-17-9-19-10/h1-7,9H,8H2,(H,17,19)(H,18,20). The summed E-state index contributed by atoms with van der Waals surface area (Å²) in [6.07, 6.45) is 3.19. The number of hydrogen-bond donors (Lipinski definition) is 2. The summed E-state index contributed by atoms with van der Waals surface area (Å²) in [6.45, 7) is 0.352. The van der Waals surface area contributed by atoms with Gasteiger partial charge in [0.05, 0.1) is 18.6 Å². The third kappa shape index (κ3) is 2.25. The van der Waals surface area contributed by atoms with Gasteiger partial charge in [-0.2, -0.15) is 0 Å². The molecule has 1 heterocycles. The third-order valence-corrected chi connectivity index (χ3v) is 3.11. The molecule has 3 aromatic rings. The molecular weight excluding hydrogens is 257 g/mol. The molecule has 5 heteroatoms.